The quantitative estimate of drug-likeness (QED) is 0.525. The molecule has 4 nitrogen and oxygen atoms in total. The third-order valence-corrected chi connectivity index (χ3v) is 5.06. The van der Waals surface area contributed by atoms with E-state index >= 15 is 0 Å². The number of fused-ring (bicyclic) bond motifs is 1. The van der Waals surface area contributed by atoms with Crippen molar-refractivity contribution in [2.24, 2.45) is 0 Å². The minimum Gasteiger partial charge on any atom is -0.411 e. The van der Waals surface area contributed by atoms with Gasteiger partial charge in [-0.05, 0) is 43.2 Å². The Kier molecular flexibility index (Phi) is 3.86. The Morgan fingerprint density at radius 1 is 1.04 bits per heavy atom. The average Bonchev–Trinajstić information content (AvgIpc) is 3.19. The Labute approximate surface area is 144 Å². The highest BCUT2D eigenvalue weighted by Gasteiger charge is 2.12. The summed E-state index contributed by atoms with van der Waals surface area (Å²) in [4.78, 5) is 3.38. The first kappa shape index (κ1) is 15.0. The summed E-state index contributed by atoms with van der Waals surface area (Å²) in [6.45, 7) is 4.20. The number of aromatic nitrogens is 3. The maximum absolute atomic E-state index is 5.82. The van der Waals surface area contributed by atoms with E-state index in [-0.39, 0.29) is 0 Å². The number of nitrogens with zero attached hydrogens (tertiary/aromatic N) is 2. The molecule has 120 valence electrons. The fourth-order valence-electron chi connectivity index (χ4n) is 2.70. The molecule has 5 heteroatoms. The number of hydrogen-bond donors (Lipinski definition) is 1. The molecule has 2 heterocycles. The Morgan fingerprint density at radius 3 is 2.71 bits per heavy atom. The summed E-state index contributed by atoms with van der Waals surface area (Å²) in [5.41, 5.74) is 5.76. The lowest BCUT2D eigenvalue weighted by atomic mass is 10.1. The van der Waals surface area contributed by atoms with E-state index in [2.05, 4.69) is 53.3 Å². The van der Waals surface area contributed by atoms with Crippen LogP contribution in [0, 0.1) is 13.8 Å². The van der Waals surface area contributed by atoms with Crippen LogP contribution in [0.15, 0.2) is 58.2 Å². The molecule has 0 radical (unpaired) electrons. The Hall–Kier alpha value is -2.53. The molecule has 0 atom stereocenters. The van der Waals surface area contributed by atoms with E-state index in [4.69, 9.17) is 4.42 Å². The van der Waals surface area contributed by atoms with Crippen LogP contribution in [0.2, 0.25) is 0 Å². The number of hydrogen-bond acceptors (Lipinski definition) is 4. The fraction of sp³-hybridized carbons (Fsp3) is 0.158. The zero-order valence-electron chi connectivity index (χ0n) is 13.5. The van der Waals surface area contributed by atoms with Crippen LogP contribution in [-0.4, -0.2) is 15.2 Å². The molecule has 0 spiro atoms. The van der Waals surface area contributed by atoms with Gasteiger partial charge in [0.05, 0.1) is 0 Å². The summed E-state index contributed by atoms with van der Waals surface area (Å²) in [6.07, 6.45) is 0. The second-order valence-electron chi connectivity index (χ2n) is 5.78. The molecule has 2 aromatic heterocycles. The van der Waals surface area contributed by atoms with Crippen molar-refractivity contribution in [1.82, 2.24) is 15.2 Å². The molecule has 0 amide bonds. The normalized spacial score (nSPS) is 11.2. The molecule has 0 saturated heterocycles. The molecule has 0 aliphatic carbocycles. The molecule has 4 rings (SSSR count). The van der Waals surface area contributed by atoms with Crippen LogP contribution in [0.4, 0.5) is 0 Å². The molecule has 0 aliphatic rings. The van der Waals surface area contributed by atoms with Crippen LogP contribution in [0.1, 0.15) is 16.8 Å². The topological polar surface area (TPSA) is 54.7 Å². The minimum atomic E-state index is 0.561. The summed E-state index contributed by atoms with van der Waals surface area (Å²) >= 11 is 1.55. The maximum atomic E-state index is 5.82. The molecule has 0 fully saturated rings. The number of aryl methyl sites for hydroxylation is 2. The molecular formula is C19H17N3OS. The van der Waals surface area contributed by atoms with Crippen molar-refractivity contribution >= 4 is 22.7 Å². The van der Waals surface area contributed by atoms with E-state index in [0.717, 1.165) is 16.8 Å². The van der Waals surface area contributed by atoms with Gasteiger partial charge in [-0.15, -0.1) is 10.2 Å². The second-order valence-corrected chi connectivity index (χ2v) is 6.71. The van der Waals surface area contributed by atoms with E-state index < -0.39 is 0 Å². The smallest absolute Gasteiger partial charge is 0.277 e. The van der Waals surface area contributed by atoms with Gasteiger partial charge in [-0.2, -0.15) is 0 Å². The van der Waals surface area contributed by atoms with E-state index in [0.29, 0.717) is 11.1 Å². The van der Waals surface area contributed by atoms with Gasteiger partial charge < -0.3 is 9.40 Å². The summed E-state index contributed by atoms with van der Waals surface area (Å²) in [7, 11) is 0. The zero-order valence-corrected chi connectivity index (χ0v) is 14.4. The van der Waals surface area contributed by atoms with Crippen molar-refractivity contribution in [3.05, 3.63) is 65.4 Å². The molecular weight excluding hydrogens is 318 g/mol. The molecule has 2 aromatic carbocycles. The number of H-pyrrole nitrogens is 1. The van der Waals surface area contributed by atoms with Crippen molar-refractivity contribution in [3.63, 3.8) is 0 Å². The zero-order chi connectivity index (χ0) is 16.5. The highest BCUT2D eigenvalue weighted by molar-refractivity contribution is 7.98. The minimum absolute atomic E-state index is 0.561. The summed E-state index contributed by atoms with van der Waals surface area (Å²) in [5, 5.41) is 10.1. The van der Waals surface area contributed by atoms with Gasteiger partial charge in [0.25, 0.3) is 5.22 Å². The summed E-state index contributed by atoms with van der Waals surface area (Å²) in [5.74, 6) is 1.38. The van der Waals surface area contributed by atoms with E-state index in [1.807, 2.05) is 24.3 Å². The van der Waals surface area contributed by atoms with Crippen molar-refractivity contribution in [1.29, 1.82) is 0 Å². The standard InChI is InChI=1S/C19H17N3OS/c1-12-13(2)20-17-9-8-15(10-16(12)17)18-21-22-19(23-18)24-11-14-6-4-3-5-7-14/h3-10,20H,11H2,1-2H3. The summed E-state index contributed by atoms with van der Waals surface area (Å²) in [6, 6.07) is 16.4. The molecule has 0 bridgehead atoms. The van der Waals surface area contributed by atoms with E-state index in [1.165, 1.54) is 22.2 Å². The number of aromatic amines is 1. The second kappa shape index (κ2) is 6.17. The molecule has 24 heavy (non-hydrogen) atoms. The molecule has 4 aromatic rings. The van der Waals surface area contributed by atoms with Crippen LogP contribution in [0.3, 0.4) is 0 Å². The van der Waals surface area contributed by atoms with Crippen molar-refractivity contribution < 1.29 is 4.42 Å². The lowest BCUT2D eigenvalue weighted by molar-refractivity contribution is 0.466. The summed E-state index contributed by atoms with van der Waals surface area (Å²) < 4.78 is 5.82. The van der Waals surface area contributed by atoms with Gasteiger partial charge in [0.2, 0.25) is 5.89 Å². The first-order valence-corrected chi connectivity index (χ1v) is 8.79. The average molecular weight is 335 g/mol. The molecule has 0 saturated carbocycles. The first-order valence-electron chi connectivity index (χ1n) is 7.80. The number of nitrogens with one attached hydrogen (secondary N) is 1. The van der Waals surface area contributed by atoms with Gasteiger partial charge in [0.15, 0.2) is 0 Å². The van der Waals surface area contributed by atoms with Crippen LogP contribution >= 0.6 is 11.8 Å². The highest BCUT2D eigenvalue weighted by atomic mass is 32.2. The van der Waals surface area contributed by atoms with Gasteiger partial charge in [-0.1, -0.05) is 42.1 Å². The SMILES string of the molecule is Cc1[nH]c2ccc(-c3nnc(SCc4ccccc4)o3)cc2c1C. The number of thioether (sulfide) groups is 1. The lowest BCUT2D eigenvalue weighted by Gasteiger charge is -1.98. The van der Waals surface area contributed by atoms with E-state index in [9.17, 15) is 0 Å². The highest BCUT2D eigenvalue weighted by Crippen LogP contribution is 2.29. The van der Waals surface area contributed by atoms with Crippen molar-refractivity contribution in [3.8, 4) is 11.5 Å². The Bertz CT molecular complexity index is 988. The Balaban J connectivity index is 1.57. The van der Waals surface area contributed by atoms with Crippen molar-refractivity contribution in [2.45, 2.75) is 24.8 Å². The monoisotopic (exact) mass is 335 g/mol. The lowest BCUT2D eigenvalue weighted by Crippen LogP contribution is -1.79. The third-order valence-electron chi connectivity index (χ3n) is 4.17. The van der Waals surface area contributed by atoms with Gasteiger partial charge in [-0.3, -0.25) is 0 Å². The van der Waals surface area contributed by atoms with Gasteiger partial charge in [0, 0.05) is 27.9 Å². The van der Waals surface area contributed by atoms with E-state index in [1.54, 1.807) is 11.8 Å². The first-order chi connectivity index (χ1) is 11.7. The third kappa shape index (κ3) is 2.83. The fourth-order valence-corrected chi connectivity index (χ4v) is 3.42. The van der Waals surface area contributed by atoms with Gasteiger partial charge >= 0.3 is 0 Å². The largest absolute Gasteiger partial charge is 0.411 e. The molecule has 1 N–H and O–H groups in total. The van der Waals surface area contributed by atoms with Crippen LogP contribution in [0.25, 0.3) is 22.4 Å². The number of rotatable bonds is 4. The predicted molar refractivity (Wildman–Crippen MR) is 97.1 cm³/mol. The maximum Gasteiger partial charge on any atom is 0.277 e. The van der Waals surface area contributed by atoms with Crippen LogP contribution in [-0.2, 0) is 5.75 Å². The molecule has 0 aliphatic heterocycles. The van der Waals surface area contributed by atoms with Crippen LogP contribution < -0.4 is 0 Å². The van der Waals surface area contributed by atoms with Gasteiger partial charge in [0.1, 0.15) is 0 Å². The molecule has 0 unspecified atom stereocenters. The Morgan fingerprint density at radius 2 is 1.88 bits per heavy atom. The van der Waals surface area contributed by atoms with Gasteiger partial charge in [-0.25, -0.2) is 0 Å². The number of benzene rings is 2. The van der Waals surface area contributed by atoms with Crippen molar-refractivity contribution in [2.75, 3.05) is 0 Å². The predicted octanol–water partition coefficient (Wildman–Crippen LogP) is 5.13. The van der Waals surface area contributed by atoms with Crippen LogP contribution in [0.5, 0.6) is 0 Å².